The van der Waals surface area contributed by atoms with Gasteiger partial charge >= 0.3 is 0 Å². The second-order valence-corrected chi connectivity index (χ2v) is 5.55. The molecule has 0 saturated heterocycles. The number of carbonyl (C=O) groups excluding carboxylic acids is 1. The Morgan fingerprint density at radius 1 is 1.22 bits per heavy atom. The molecule has 1 aromatic carbocycles. The van der Waals surface area contributed by atoms with Crippen LogP contribution in [0.1, 0.15) is 25.7 Å². The number of benzene rings is 1. The van der Waals surface area contributed by atoms with Gasteiger partial charge in [0.25, 0.3) is 0 Å². The summed E-state index contributed by atoms with van der Waals surface area (Å²) in [4.78, 5) is 16.4. The fraction of sp³-hybridized carbons (Fsp3) is 0.438. The highest BCUT2D eigenvalue weighted by Crippen LogP contribution is 2.31. The van der Waals surface area contributed by atoms with E-state index in [9.17, 15) is 4.79 Å². The van der Waals surface area contributed by atoms with Gasteiger partial charge in [-0.15, -0.1) is 5.10 Å². The van der Waals surface area contributed by atoms with Crippen molar-refractivity contribution in [3.05, 3.63) is 18.2 Å². The van der Waals surface area contributed by atoms with E-state index in [-0.39, 0.29) is 11.8 Å². The predicted octanol–water partition coefficient (Wildman–Crippen LogP) is 2.62. The summed E-state index contributed by atoms with van der Waals surface area (Å²) in [5.41, 5.74) is 0.802. The molecule has 1 fully saturated rings. The molecule has 2 N–H and O–H groups in total. The van der Waals surface area contributed by atoms with Gasteiger partial charge in [0.15, 0.2) is 17.3 Å². The largest absolute Gasteiger partial charge is 0.493 e. The van der Waals surface area contributed by atoms with Gasteiger partial charge in [-0.3, -0.25) is 15.2 Å². The Bertz CT molecular complexity index is 692. The highest BCUT2D eigenvalue weighted by Gasteiger charge is 2.23. The number of ether oxygens (including phenoxy) is 2. The van der Waals surface area contributed by atoms with Crippen LogP contribution in [-0.4, -0.2) is 35.3 Å². The summed E-state index contributed by atoms with van der Waals surface area (Å²) in [6, 6.07) is 5.46. The van der Waals surface area contributed by atoms with Gasteiger partial charge in [-0.2, -0.15) is 4.98 Å². The molecule has 0 radical (unpaired) electrons. The molecule has 1 aliphatic rings. The molecule has 3 rings (SSSR count). The van der Waals surface area contributed by atoms with Crippen LogP contribution in [0.3, 0.4) is 0 Å². The van der Waals surface area contributed by atoms with Crippen molar-refractivity contribution in [2.45, 2.75) is 25.7 Å². The smallest absolute Gasteiger partial charge is 0.249 e. The monoisotopic (exact) mass is 316 g/mol. The van der Waals surface area contributed by atoms with Gasteiger partial charge in [-0.25, -0.2) is 0 Å². The van der Waals surface area contributed by atoms with Crippen LogP contribution in [0.5, 0.6) is 11.5 Å². The van der Waals surface area contributed by atoms with Gasteiger partial charge < -0.3 is 9.47 Å². The summed E-state index contributed by atoms with van der Waals surface area (Å²) in [5.74, 6) is 2.20. The van der Waals surface area contributed by atoms with E-state index in [1.54, 1.807) is 20.3 Å². The van der Waals surface area contributed by atoms with Crippen molar-refractivity contribution in [1.29, 1.82) is 0 Å². The normalized spacial score (nSPS) is 14.7. The van der Waals surface area contributed by atoms with E-state index in [4.69, 9.17) is 9.47 Å². The van der Waals surface area contributed by atoms with Crippen LogP contribution in [0.25, 0.3) is 11.4 Å². The van der Waals surface area contributed by atoms with Crippen molar-refractivity contribution in [2.24, 2.45) is 5.92 Å². The van der Waals surface area contributed by atoms with E-state index in [2.05, 4.69) is 20.5 Å². The molecular weight excluding hydrogens is 296 g/mol. The third-order valence-corrected chi connectivity index (χ3v) is 4.10. The van der Waals surface area contributed by atoms with Crippen molar-refractivity contribution in [2.75, 3.05) is 19.5 Å². The van der Waals surface area contributed by atoms with Crippen LogP contribution in [0.4, 0.5) is 5.95 Å². The quantitative estimate of drug-likeness (QED) is 0.885. The predicted molar refractivity (Wildman–Crippen MR) is 85.5 cm³/mol. The Morgan fingerprint density at radius 3 is 2.65 bits per heavy atom. The van der Waals surface area contributed by atoms with Crippen molar-refractivity contribution >= 4 is 11.9 Å². The van der Waals surface area contributed by atoms with E-state index >= 15 is 0 Å². The number of hydrogen-bond donors (Lipinski definition) is 2. The molecule has 0 aliphatic heterocycles. The van der Waals surface area contributed by atoms with Gasteiger partial charge in [0.05, 0.1) is 14.2 Å². The van der Waals surface area contributed by atoms with E-state index in [1.165, 1.54) is 0 Å². The van der Waals surface area contributed by atoms with Crippen LogP contribution in [-0.2, 0) is 4.79 Å². The molecule has 1 aromatic heterocycles. The first-order chi connectivity index (χ1) is 11.2. The zero-order chi connectivity index (χ0) is 16.2. The maximum Gasteiger partial charge on any atom is 0.249 e. The SMILES string of the molecule is COc1ccc(-c2nc(NC(=O)C3CCCC3)n[nH]2)cc1OC. The molecule has 1 saturated carbocycles. The Morgan fingerprint density at radius 2 is 1.96 bits per heavy atom. The molecule has 2 aromatic rings. The Balaban J connectivity index is 1.75. The number of anilines is 1. The molecule has 1 aliphatic carbocycles. The number of H-pyrrole nitrogens is 1. The number of aromatic amines is 1. The Hall–Kier alpha value is -2.57. The van der Waals surface area contributed by atoms with Crippen molar-refractivity contribution in [1.82, 2.24) is 15.2 Å². The van der Waals surface area contributed by atoms with Gasteiger partial charge in [0, 0.05) is 11.5 Å². The molecule has 7 heteroatoms. The molecule has 7 nitrogen and oxygen atoms in total. The lowest BCUT2D eigenvalue weighted by molar-refractivity contribution is -0.119. The lowest BCUT2D eigenvalue weighted by Gasteiger charge is -2.08. The summed E-state index contributed by atoms with van der Waals surface area (Å²) >= 11 is 0. The minimum atomic E-state index is 0.000335. The lowest BCUT2D eigenvalue weighted by atomic mass is 10.1. The number of hydrogen-bond acceptors (Lipinski definition) is 5. The summed E-state index contributed by atoms with van der Waals surface area (Å²) in [7, 11) is 3.16. The standard InChI is InChI=1S/C16H20N4O3/c1-22-12-8-7-11(9-13(12)23-2)14-17-16(20-19-14)18-15(21)10-5-3-4-6-10/h7-10H,3-6H2,1-2H3,(H2,17,18,19,20,21). The third kappa shape index (κ3) is 3.28. The van der Waals surface area contributed by atoms with Crippen LogP contribution in [0.15, 0.2) is 18.2 Å². The summed E-state index contributed by atoms with van der Waals surface area (Å²) in [6.45, 7) is 0. The van der Waals surface area contributed by atoms with Gasteiger partial charge in [-0.1, -0.05) is 12.8 Å². The molecule has 0 atom stereocenters. The minimum absolute atomic E-state index is 0.000335. The van der Waals surface area contributed by atoms with Crippen molar-refractivity contribution in [3.63, 3.8) is 0 Å². The molecule has 0 spiro atoms. The van der Waals surface area contributed by atoms with Gasteiger partial charge in [-0.05, 0) is 31.0 Å². The topological polar surface area (TPSA) is 89.1 Å². The highest BCUT2D eigenvalue weighted by molar-refractivity contribution is 5.91. The summed E-state index contributed by atoms with van der Waals surface area (Å²) < 4.78 is 10.5. The molecule has 0 bridgehead atoms. The van der Waals surface area contributed by atoms with Crippen molar-refractivity contribution in [3.8, 4) is 22.9 Å². The van der Waals surface area contributed by atoms with E-state index in [0.717, 1.165) is 31.2 Å². The molecular formula is C16H20N4O3. The number of nitrogens with zero attached hydrogens (tertiary/aromatic N) is 2. The maximum absolute atomic E-state index is 12.1. The number of methoxy groups -OCH3 is 2. The minimum Gasteiger partial charge on any atom is -0.493 e. The molecule has 23 heavy (non-hydrogen) atoms. The first-order valence-corrected chi connectivity index (χ1v) is 7.67. The average Bonchev–Trinajstić information content (AvgIpc) is 3.25. The number of carbonyl (C=O) groups is 1. The second kappa shape index (κ2) is 6.68. The second-order valence-electron chi connectivity index (χ2n) is 5.55. The Labute approximate surface area is 134 Å². The number of aromatic nitrogens is 3. The van der Waals surface area contributed by atoms with E-state index in [1.807, 2.05) is 12.1 Å². The maximum atomic E-state index is 12.1. The highest BCUT2D eigenvalue weighted by atomic mass is 16.5. The summed E-state index contributed by atoms with van der Waals surface area (Å²) in [5, 5.41) is 9.67. The van der Waals surface area contributed by atoms with Crippen molar-refractivity contribution < 1.29 is 14.3 Å². The first-order valence-electron chi connectivity index (χ1n) is 7.67. The number of amides is 1. The summed E-state index contributed by atoms with van der Waals surface area (Å²) in [6.07, 6.45) is 4.11. The lowest BCUT2D eigenvalue weighted by Crippen LogP contribution is -2.20. The van der Waals surface area contributed by atoms with Gasteiger partial charge in [0.2, 0.25) is 11.9 Å². The average molecular weight is 316 g/mol. The fourth-order valence-corrected chi connectivity index (χ4v) is 2.83. The van der Waals surface area contributed by atoms with Crippen LogP contribution in [0.2, 0.25) is 0 Å². The Kier molecular flexibility index (Phi) is 4.45. The third-order valence-electron chi connectivity index (χ3n) is 4.10. The van der Waals surface area contributed by atoms with E-state index < -0.39 is 0 Å². The van der Waals surface area contributed by atoms with Gasteiger partial charge in [0.1, 0.15) is 0 Å². The fourth-order valence-electron chi connectivity index (χ4n) is 2.83. The molecule has 122 valence electrons. The van der Waals surface area contributed by atoms with Crippen LogP contribution < -0.4 is 14.8 Å². The van der Waals surface area contributed by atoms with Crippen LogP contribution >= 0.6 is 0 Å². The number of rotatable bonds is 5. The number of nitrogens with one attached hydrogen (secondary N) is 2. The van der Waals surface area contributed by atoms with E-state index in [0.29, 0.717) is 23.3 Å². The molecule has 1 heterocycles. The van der Waals surface area contributed by atoms with Crippen LogP contribution in [0, 0.1) is 5.92 Å². The zero-order valence-corrected chi connectivity index (χ0v) is 13.3. The first kappa shape index (κ1) is 15.3. The zero-order valence-electron chi connectivity index (χ0n) is 13.3. The molecule has 1 amide bonds. The molecule has 0 unspecified atom stereocenters.